The lowest BCUT2D eigenvalue weighted by atomic mass is 10.1. The molecule has 0 radical (unpaired) electrons. The lowest BCUT2D eigenvalue weighted by Crippen LogP contribution is -2.03. The number of alkyl halides is 2. The lowest BCUT2D eigenvalue weighted by Gasteiger charge is -2.07. The predicted molar refractivity (Wildman–Crippen MR) is 105 cm³/mol. The number of hydrogen-bond donors (Lipinski definition) is 0. The van der Waals surface area contributed by atoms with Gasteiger partial charge in [0.1, 0.15) is 11.6 Å². The molecule has 9 heteroatoms. The first-order chi connectivity index (χ1) is 14.0. The van der Waals surface area contributed by atoms with Gasteiger partial charge in [-0.3, -0.25) is 4.57 Å². The van der Waals surface area contributed by atoms with Gasteiger partial charge in [-0.05, 0) is 43.2 Å². The van der Waals surface area contributed by atoms with E-state index < -0.39 is 6.55 Å². The highest BCUT2D eigenvalue weighted by Gasteiger charge is 2.18. The molecule has 2 aromatic heterocycles. The first kappa shape index (κ1) is 19.4. The van der Waals surface area contributed by atoms with Gasteiger partial charge in [-0.25, -0.2) is 4.98 Å². The van der Waals surface area contributed by atoms with E-state index in [1.54, 1.807) is 24.3 Å². The molecule has 0 saturated carbocycles. The van der Waals surface area contributed by atoms with Crippen LogP contribution in [-0.2, 0) is 12.4 Å². The summed E-state index contributed by atoms with van der Waals surface area (Å²) in [4.78, 5) is 4.30. The zero-order valence-electron chi connectivity index (χ0n) is 15.8. The Morgan fingerprint density at radius 3 is 2.79 bits per heavy atom. The van der Waals surface area contributed by atoms with Gasteiger partial charge >= 0.3 is 6.55 Å². The molecule has 0 bridgehead atoms. The maximum Gasteiger partial charge on any atom is 0.320 e. The maximum absolute atomic E-state index is 13.5. The third-order valence-corrected chi connectivity index (χ3v) is 5.15. The van der Waals surface area contributed by atoms with Crippen LogP contribution in [0.2, 0.25) is 0 Å². The molecule has 2 heterocycles. The molecule has 2 aromatic carbocycles. The molecule has 0 fully saturated rings. The van der Waals surface area contributed by atoms with E-state index in [0.29, 0.717) is 16.9 Å². The number of imidazole rings is 1. The summed E-state index contributed by atoms with van der Waals surface area (Å²) < 4.78 is 39.2. The maximum atomic E-state index is 13.5. The Kier molecular flexibility index (Phi) is 5.48. The summed E-state index contributed by atoms with van der Waals surface area (Å²) >= 11 is 1.16. The van der Waals surface area contributed by atoms with Crippen LogP contribution in [0.25, 0.3) is 11.0 Å². The number of fused-ring (bicyclic) bond motifs is 1. The zero-order chi connectivity index (χ0) is 20.4. The van der Waals surface area contributed by atoms with Gasteiger partial charge in [-0.15, -0.1) is 10.2 Å². The van der Waals surface area contributed by atoms with Crippen LogP contribution in [0.3, 0.4) is 0 Å². The summed E-state index contributed by atoms with van der Waals surface area (Å²) in [6.07, 6.45) is 0. The van der Waals surface area contributed by atoms with Crippen LogP contribution < -0.4 is 4.74 Å². The molecule has 0 aliphatic carbocycles. The van der Waals surface area contributed by atoms with Crippen molar-refractivity contribution in [2.75, 3.05) is 0 Å². The van der Waals surface area contributed by atoms with Crippen molar-refractivity contribution in [1.29, 1.82) is 0 Å². The lowest BCUT2D eigenvalue weighted by molar-refractivity contribution is 0.0722. The van der Waals surface area contributed by atoms with Crippen molar-refractivity contribution >= 4 is 22.8 Å². The molecular formula is C20H18F2N4O2S. The Morgan fingerprint density at radius 2 is 1.97 bits per heavy atom. The van der Waals surface area contributed by atoms with Crippen molar-refractivity contribution < 1.29 is 17.9 Å². The number of ether oxygens (including phenoxy) is 1. The highest BCUT2D eigenvalue weighted by atomic mass is 32.2. The highest BCUT2D eigenvalue weighted by molar-refractivity contribution is 7.98. The van der Waals surface area contributed by atoms with Crippen molar-refractivity contribution in [3.63, 3.8) is 0 Å². The van der Waals surface area contributed by atoms with Crippen LogP contribution in [0, 0.1) is 13.8 Å². The first-order valence-corrected chi connectivity index (χ1v) is 9.89. The Hall–Kier alpha value is -2.94. The number of hydrogen-bond acceptors (Lipinski definition) is 6. The van der Waals surface area contributed by atoms with Crippen molar-refractivity contribution in [2.45, 2.75) is 38.0 Å². The van der Waals surface area contributed by atoms with E-state index in [9.17, 15) is 8.78 Å². The fourth-order valence-corrected chi connectivity index (χ4v) is 3.61. The summed E-state index contributed by atoms with van der Waals surface area (Å²) in [6.45, 7) is 1.40. The van der Waals surface area contributed by atoms with E-state index in [-0.39, 0.29) is 23.4 Å². The molecule has 0 aliphatic heterocycles. The van der Waals surface area contributed by atoms with Crippen LogP contribution in [0.4, 0.5) is 8.78 Å². The molecule has 0 aliphatic rings. The Labute approximate surface area is 169 Å². The number of para-hydroxylation sites is 2. The molecule has 4 rings (SSSR count). The number of halogens is 2. The number of nitrogens with zero attached hydrogens (tertiary/aromatic N) is 4. The third kappa shape index (κ3) is 4.24. The van der Waals surface area contributed by atoms with Gasteiger partial charge in [-0.1, -0.05) is 36.0 Å². The van der Waals surface area contributed by atoms with E-state index >= 15 is 0 Å². The van der Waals surface area contributed by atoms with Gasteiger partial charge in [0.2, 0.25) is 0 Å². The number of aryl methyl sites for hydroxylation is 2. The van der Waals surface area contributed by atoms with E-state index in [1.165, 1.54) is 0 Å². The Balaban J connectivity index is 1.43. The number of aromatic nitrogens is 4. The summed E-state index contributed by atoms with van der Waals surface area (Å²) in [6, 6.07) is 12.7. The minimum Gasteiger partial charge on any atom is -0.484 e. The zero-order valence-corrected chi connectivity index (χ0v) is 16.6. The minimum atomic E-state index is -2.68. The van der Waals surface area contributed by atoms with Crippen LogP contribution in [-0.4, -0.2) is 19.7 Å². The van der Waals surface area contributed by atoms with E-state index in [4.69, 9.17) is 9.15 Å². The monoisotopic (exact) mass is 416 g/mol. The van der Waals surface area contributed by atoms with Crippen molar-refractivity contribution in [1.82, 2.24) is 19.7 Å². The van der Waals surface area contributed by atoms with Gasteiger partial charge in [-0.2, -0.15) is 8.78 Å². The predicted octanol–water partition coefficient (Wildman–Crippen LogP) is 5.30. The topological polar surface area (TPSA) is 66.0 Å². The van der Waals surface area contributed by atoms with Crippen molar-refractivity contribution in [3.05, 3.63) is 65.3 Å². The van der Waals surface area contributed by atoms with Gasteiger partial charge < -0.3 is 9.15 Å². The average Bonchev–Trinajstić information content (AvgIpc) is 3.30. The second kappa shape index (κ2) is 8.20. The Bertz CT molecular complexity index is 1140. The van der Waals surface area contributed by atoms with Crippen LogP contribution in [0.15, 0.2) is 52.1 Å². The fourth-order valence-electron chi connectivity index (χ4n) is 2.90. The van der Waals surface area contributed by atoms with E-state index in [0.717, 1.165) is 33.2 Å². The molecule has 0 amide bonds. The van der Waals surface area contributed by atoms with Crippen LogP contribution in [0.5, 0.6) is 5.75 Å². The van der Waals surface area contributed by atoms with Gasteiger partial charge in [0, 0.05) is 0 Å². The molecule has 150 valence electrons. The molecule has 0 N–H and O–H groups in total. The fraction of sp³-hybridized carbons (Fsp3) is 0.250. The average molecular weight is 416 g/mol. The summed E-state index contributed by atoms with van der Waals surface area (Å²) in [5.74, 6) is 1.50. The molecule has 0 unspecified atom stereocenters. The van der Waals surface area contributed by atoms with Gasteiger partial charge in [0.25, 0.3) is 11.1 Å². The third-order valence-electron chi connectivity index (χ3n) is 4.33. The van der Waals surface area contributed by atoms with Crippen LogP contribution >= 0.6 is 11.8 Å². The van der Waals surface area contributed by atoms with Gasteiger partial charge in [0.05, 0.1) is 16.8 Å². The summed E-state index contributed by atoms with van der Waals surface area (Å²) in [5.41, 5.74) is 3.02. The summed E-state index contributed by atoms with van der Waals surface area (Å²) in [7, 11) is 0. The molecule has 29 heavy (non-hydrogen) atoms. The highest BCUT2D eigenvalue weighted by Crippen LogP contribution is 2.28. The van der Waals surface area contributed by atoms with Crippen molar-refractivity contribution in [2.24, 2.45) is 0 Å². The SMILES string of the molecule is Cc1ccc(C)c(OCc2nnc(SCc3nc4ccccc4n3C(F)F)o2)c1. The quantitative estimate of drug-likeness (QED) is 0.381. The van der Waals surface area contributed by atoms with Crippen molar-refractivity contribution in [3.8, 4) is 5.75 Å². The molecule has 0 atom stereocenters. The molecule has 0 spiro atoms. The Morgan fingerprint density at radius 1 is 1.14 bits per heavy atom. The molecule has 6 nitrogen and oxygen atoms in total. The smallest absolute Gasteiger partial charge is 0.320 e. The number of benzene rings is 2. The first-order valence-electron chi connectivity index (χ1n) is 8.90. The van der Waals surface area contributed by atoms with Gasteiger partial charge in [0.15, 0.2) is 6.61 Å². The largest absolute Gasteiger partial charge is 0.484 e. The number of rotatable bonds is 7. The summed E-state index contributed by atoms with van der Waals surface area (Å²) in [5, 5.41) is 8.19. The van der Waals surface area contributed by atoms with E-state index in [1.807, 2.05) is 32.0 Å². The molecular weight excluding hydrogens is 398 g/mol. The number of thioether (sulfide) groups is 1. The standard InChI is InChI=1S/C20H18F2N4O2S/c1-12-7-8-13(2)16(9-12)27-10-18-24-25-20(28-18)29-11-17-23-14-5-3-4-6-15(14)26(17)19(21)22/h3-9,19H,10-11H2,1-2H3. The molecule has 4 aromatic rings. The minimum absolute atomic E-state index is 0.132. The molecule has 0 saturated heterocycles. The normalized spacial score (nSPS) is 11.5. The second-order valence-electron chi connectivity index (χ2n) is 6.47. The van der Waals surface area contributed by atoms with E-state index in [2.05, 4.69) is 15.2 Å². The second-order valence-corrected chi connectivity index (χ2v) is 7.40. The van der Waals surface area contributed by atoms with Crippen LogP contribution in [0.1, 0.15) is 29.4 Å².